The van der Waals surface area contributed by atoms with Crippen LogP contribution in [0.15, 0.2) is 48.1 Å². The number of nitrogens with zero attached hydrogens (tertiary/aromatic N) is 6. The SMILES string of the molecule is N#Cc1nncn1-c1nc(-c2cccs2)nc2ccccc12. The van der Waals surface area contributed by atoms with Crippen molar-refractivity contribution in [3.8, 4) is 22.6 Å². The molecule has 7 heteroatoms. The van der Waals surface area contributed by atoms with Crippen molar-refractivity contribution in [1.82, 2.24) is 24.7 Å². The van der Waals surface area contributed by atoms with Crippen molar-refractivity contribution >= 4 is 22.2 Å². The van der Waals surface area contributed by atoms with E-state index in [0.717, 1.165) is 15.8 Å². The van der Waals surface area contributed by atoms with Crippen LogP contribution in [0.2, 0.25) is 0 Å². The molecule has 0 saturated carbocycles. The number of rotatable bonds is 2. The number of hydrogen-bond acceptors (Lipinski definition) is 6. The molecule has 0 unspecified atom stereocenters. The molecule has 104 valence electrons. The van der Waals surface area contributed by atoms with Gasteiger partial charge < -0.3 is 0 Å². The summed E-state index contributed by atoms with van der Waals surface area (Å²) in [6.45, 7) is 0. The number of aromatic nitrogens is 5. The molecule has 6 nitrogen and oxygen atoms in total. The molecular weight excluding hydrogens is 296 g/mol. The molecule has 0 bridgehead atoms. The zero-order valence-electron chi connectivity index (χ0n) is 11.2. The first kappa shape index (κ1) is 12.6. The van der Waals surface area contributed by atoms with Crippen LogP contribution in [-0.2, 0) is 0 Å². The summed E-state index contributed by atoms with van der Waals surface area (Å²) >= 11 is 1.57. The molecule has 0 aliphatic heterocycles. The van der Waals surface area contributed by atoms with Gasteiger partial charge in [0.2, 0.25) is 5.82 Å². The highest BCUT2D eigenvalue weighted by Gasteiger charge is 2.14. The molecular formula is C15H8N6S. The van der Waals surface area contributed by atoms with Crippen molar-refractivity contribution in [3.05, 3.63) is 53.9 Å². The second-order valence-electron chi connectivity index (χ2n) is 4.50. The lowest BCUT2D eigenvalue weighted by Gasteiger charge is -2.08. The minimum Gasteiger partial charge on any atom is -0.256 e. The summed E-state index contributed by atoms with van der Waals surface area (Å²) in [7, 11) is 0. The maximum atomic E-state index is 9.18. The first-order valence-corrected chi connectivity index (χ1v) is 7.36. The number of benzene rings is 1. The maximum Gasteiger partial charge on any atom is 0.240 e. The third kappa shape index (κ3) is 1.94. The van der Waals surface area contributed by atoms with E-state index in [-0.39, 0.29) is 5.82 Å². The predicted octanol–water partition coefficient (Wildman–Crippen LogP) is 2.81. The predicted molar refractivity (Wildman–Crippen MR) is 82.5 cm³/mol. The van der Waals surface area contributed by atoms with Crippen LogP contribution in [0.5, 0.6) is 0 Å². The number of thiophene rings is 1. The minimum absolute atomic E-state index is 0.195. The Morgan fingerprint density at radius 2 is 2.00 bits per heavy atom. The Balaban J connectivity index is 2.06. The van der Waals surface area contributed by atoms with E-state index in [1.165, 1.54) is 6.33 Å². The Hall–Kier alpha value is -3.11. The van der Waals surface area contributed by atoms with Gasteiger partial charge in [-0.3, -0.25) is 4.57 Å². The Labute approximate surface area is 129 Å². The lowest BCUT2D eigenvalue weighted by molar-refractivity contribution is 0.973. The van der Waals surface area contributed by atoms with E-state index in [1.807, 2.05) is 47.8 Å². The largest absolute Gasteiger partial charge is 0.256 e. The highest BCUT2D eigenvalue weighted by Crippen LogP contribution is 2.26. The van der Waals surface area contributed by atoms with Gasteiger partial charge in [-0.05, 0) is 23.6 Å². The Morgan fingerprint density at radius 1 is 1.09 bits per heavy atom. The van der Waals surface area contributed by atoms with E-state index in [4.69, 9.17) is 0 Å². The Kier molecular flexibility index (Phi) is 2.88. The van der Waals surface area contributed by atoms with Crippen LogP contribution >= 0.6 is 11.3 Å². The van der Waals surface area contributed by atoms with Gasteiger partial charge in [0.1, 0.15) is 12.4 Å². The molecule has 0 spiro atoms. The number of nitriles is 1. The normalized spacial score (nSPS) is 10.7. The van der Waals surface area contributed by atoms with E-state index in [9.17, 15) is 5.26 Å². The lowest BCUT2D eigenvalue weighted by Crippen LogP contribution is -2.03. The van der Waals surface area contributed by atoms with E-state index < -0.39 is 0 Å². The molecule has 22 heavy (non-hydrogen) atoms. The summed E-state index contributed by atoms with van der Waals surface area (Å²) in [5.41, 5.74) is 0.813. The zero-order valence-corrected chi connectivity index (χ0v) is 12.0. The first-order valence-electron chi connectivity index (χ1n) is 6.48. The van der Waals surface area contributed by atoms with Gasteiger partial charge in [-0.1, -0.05) is 18.2 Å². The Bertz CT molecular complexity index is 996. The molecule has 0 radical (unpaired) electrons. The second kappa shape index (κ2) is 5.02. The van der Waals surface area contributed by atoms with Gasteiger partial charge in [0.05, 0.1) is 10.4 Å². The van der Waals surface area contributed by atoms with Gasteiger partial charge in [-0.15, -0.1) is 21.5 Å². The van der Waals surface area contributed by atoms with Crippen molar-refractivity contribution in [1.29, 1.82) is 5.26 Å². The average Bonchev–Trinajstić information content (AvgIpc) is 3.25. The summed E-state index contributed by atoms with van der Waals surface area (Å²) < 4.78 is 1.58. The molecule has 0 saturated heterocycles. The summed E-state index contributed by atoms with van der Waals surface area (Å²) in [6, 6.07) is 13.6. The van der Waals surface area contributed by atoms with Crippen molar-refractivity contribution in [3.63, 3.8) is 0 Å². The van der Waals surface area contributed by atoms with Crippen LogP contribution in [-0.4, -0.2) is 24.7 Å². The van der Waals surface area contributed by atoms with Crippen LogP contribution in [0.4, 0.5) is 0 Å². The summed E-state index contributed by atoms with van der Waals surface area (Å²) in [4.78, 5) is 10.2. The quantitative estimate of drug-likeness (QED) is 0.569. The van der Waals surface area contributed by atoms with Crippen molar-refractivity contribution in [2.75, 3.05) is 0 Å². The highest BCUT2D eigenvalue weighted by atomic mass is 32.1. The third-order valence-electron chi connectivity index (χ3n) is 3.20. The number of hydrogen-bond donors (Lipinski definition) is 0. The van der Waals surface area contributed by atoms with E-state index in [2.05, 4.69) is 20.2 Å². The van der Waals surface area contributed by atoms with Gasteiger partial charge in [0.25, 0.3) is 0 Å². The summed E-state index contributed by atoms with van der Waals surface area (Å²) in [5.74, 6) is 1.43. The van der Waals surface area contributed by atoms with Gasteiger partial charge in [0.15, 0.2) is 11.6 Å². The molecule has 0 N–H and O–H groups in total. The second-order valence-corrected chi connectivity index (χ2v) is 5.45. The van der Waals surface area contributed by atoms with Gasteiger partial charge >= 0.3 is 0 Å². The molecule has 4 aromatic rings. The van der Waals surface area contributed by atoms with Crippen molar-refractivity contribution < 1.29 is 0 Å². The molecule has 0 amide bonds. The van der Waals surface area contributed by atoms with Gasteiger partial charge in [-0.25, -0.2) is 9.97 Å². The Morgan fingerprint density at radius 3 is 2.82 bits per heavy atom. The molecule has 3 heterocycles. The van der Waals surface area contributed by atoms with E-state index in [0.29, 0.717) is 11.6 Å². The van der Waals surface area contributed by atoms with Crippen LogP contribution < -0.4 is 0 Å². The fourth-order valence-electron chi connectivity index (χ4n) is 2.23. The van der Waals surface area contributed by atoms with Crippen molar-refractivity contribution in [2.45, 2.75) is 0 Å². The lowest BCUT2D eigenvalue weighted by atomic mass is 10.2. The molecule has 3 aromatic heterocycles. The zero-order chi connectivity index (χ0) is 14.9. The molecule has 0 aliphatic rings. The van der Waals surface area contributed by atoms with Crippen LogP contribution in [0.3, 0.4) is 0 Å². The molecule has 0 fully saturated rings. The molecule has 1 aromatic carbocycles. The topological polar surface area (TPSA) is 80.3 Å². The summed E-state index contributed by atoms with van der Waals surface area (Å²) in [5, 5.41) is 19.6. The number of fused-ring (bicyclic) bond motifs is 1. The molecule has 0 aliphatic carbocycles. The van der Waals surface area contributed by atoms with Gasteiger partial charge in [0, 0.05) is 5.39 Å². The summed E-state index contributed by atoms with van der Waals surface area (Å²) in [6.07, 6.45) is 1.49. The van der Waals surface area contributed by atoms with Crippen LogP contribution in [0.1, 0.15) is 5.82 Å². The smallest absolute Gasteiger partial charge is 0.240 e. The fourth-order valence-corrected chi connectivity index (χ4v) is 2.88. The number of para-hydroxylation sites is 1. The first-order chi connectivity index (χ1) is 10.9. The minimum atomic E-state index is 0.195. The standard InChI is InChI=1S/C15H8N6S/c16-8-13-20-17-9-21(13)15-10-4-1-2-5-11(10)18-14(19-15)12-6-3-7-22-12/h1-7,9H. The van der Waals surface area contributed by atoms with Crippen LogP contribution in [0, 0.1) is 11.3 Å². The average molecular weight is 304 g/mol. The highest BCUT2D eigenvalue weighted by molar-refractivity contribution is 7.13. The monoisotopic (exact) mass is 304 g/mol. The van der Waals surface area contributed by atoms with E-state index in [1.54, 1.807) is 15.9 Å². The molecule has 4 rings (SSSR count). The van der Waals surface area contributed by atoms with Crippen LogP contribution in [0.25, 0.3) is 27.4 Å². The van der Waals surface area contributed by atoms with E-state index >= 15 is 0 Å². The fraction of sp³-hybridized carbons (Fsp3) is 0. The maximum absolute atomic E-state index is 9.18. The van der Waals surface area contributed by atoms with Gasteiger partial charge in [-0.2, -0.15) is 5.26 Å². The molecule has 0 atom stereocenters. The van der Waals surface area contributed by atoms with Crippen molar-refractivity contribution in [2.24, 2.45) is 0 Å². The third-order valence-corrected chi connectivity index (χ3v) is 4.07.